The lowest BCUT2D eigenvalue weighted by Gasteiger charge is -2.20. The molecule has 0 bridgehead atoms. The molecule has 1 fully saturated rings. The number of aryl methyl sites for hydroxylation is 1. The third kappa shape index (κ3) is 5.10. The van der Waals surface area contributed by atoms with Gasteiger partial charge in [-0.3, -0.25) is 4.98 Å². The molecule has 9 nitrogen and oxygen atoms in total. The maximum atomic E-state index is 13.1. The molecule has 34 heavy (non-hydrogen) atoms. The maximum Gasteiger partial charge on any atom is 0.340 e. The molecule has 1 aromatic carbocycles. The summed E-state index contributed by atoms with van der Waals surface area (Å²) in [6, 6.07) is 6.67. The van der Waals surface area contributed by atoms with Gasteiger partial charge in [-0.2, -0.15) is 0 Å². The Hall–Kier alpha value is -2.91. The molecule has 3 heterocycles. The van der Waals surface area contributed by atoms with Crippen LogP contribution in [0.3, 0.4) is 0 Å². The average molecular weight is 489 g/mol. The monoisotopic (exact) mass is 488 g/mol. The number of carbonyl (C=O) groups excluding carboxylic acids is 1. The summed E-state index contributed by atoms with van der Waals surface area (Å²) in [7, 11) is 0. The van der Waals surface area contributed by atoms with Crippen molar-refractivity contribution in [3.05, 3.63) is 63.1 Å². The predicted molar refractivity (Wildman–Crippen MR) is 124 cm³/mol. The molecule has 0 radical (unpaired) electrons. The molecule has 0 aliphatic carbocycles. The van der Waals surface area contributed by atoms with Gasteiger partial charge in [-0.1, -0.05) is 44.0 Å². The van der Waals surface area contributed by atoms with E-state index in [2.05, 4.69) is 10.3 Å². The highest BCUT2D eigenvalue weighted by Gasteiger charge is 2.40. The van der Waals surface area contributed by atoms with Crippen LogP contribution in [0.15, 0.2) is 35.7 Å². The standard InChI is InChI=1S/C24H29ClN4O5/c1-4-15(2)13-33-27-29(31)28-11-5-6-21(28)24(30)34-22-16(3)26-12-19-20(22)14-32-23(19)17-7-9-18(25)10-8-17/h7-10,12,15,21,23H,4-6,11,13-14H2,1-3H3/b29-27+/t15-,21+,23+/m1/s1. The second kappa shape index (κ2) is 10.6. The molecule has 0 unspecified atom stereocenters. The quantitative estimate of drug-likeness (QED) is 0.226. The van der Waals surface area contributed by atoms with E-state index in [1.807, 2.05) is 38.1 Å². The lowest BCUT2D eigenvalue weighted by molar-refractivity contribution is -0.712. The Morgan fingerprint density at radius 1 is 1.41 bits per heavy atom. The molecule has 0 amide bonds. The van der Waals surface area contributed by atoms with Crippen LogP contribution in [-0.2, 0) is 21.0 Å². The number of rotatable bonds is 8. The molecule has 0 N–H and O–H groups in total. The van der Waals surface area contributed by atoms with Crippen molar-refractivity contribution in [2.75, 3.05) is 13.2 Å². The van der Waals surface area contributed by atoms with Gasteiger partial charge in [0, 0.05) is 22.3 Å². The molecular formula is C24H29ClN4O5. The van der Waals surface area contributed by atoms with Crippen LogP contribution in [0.2, 0.25) is 5.02 Å². The van der Waals surface area contributed by atoms with E-state index in [0.717, 1.165) is 23.1 Å². The summed E-state index contributed by atoms with van der Waals surface area (Å²) in [4.78, 5) is 23.1. The van der Waals surface area contributed by atoms with Gasteiger partial charge in [0.25, 0.3) is 0 Å². The first-order chi connectivity index (χ1) is 16.4. The molecule has 0 saturated carbocycles. The zero-order valence-corrected chi connectivity index (χ0v) is 20.3. The third-order valence-corrected chi connectivity index (χ3v) is 6.55. The fraction of sp³-hybridized carbons (Fsp3) is 0.500. The van der Waals surface area contributed by atoms with Crippen molar-refractivity contribution < 1.29 is 24.1 Å². The molecule has 2 aliphatic rings. The normalized spacial score (nSPS) is 20.8. The van der Waals surface area contributed by atoms with Crippen molar-refractivity contribution in [2.45, 2.75) is 58.8 Å². The molecule has 0 spiro atoms. The van der Waals surface area contributed by atoms with E-state index in [4.69, 9.17) is 25.9 Å². The number of hydrogen-bond acceptors (Lipinski definition) is 7. The number of halogens is 1. The number of fused-ring (bicyclic) bond motifs is 1. The molecule has 10 heteroatoms. The Kier molecular flexibility index (Phi) is 7.53. The Balaban J connectivity index is 1.50. The summed E-state index contributed by atoms with van der Waals surface area (Å²) in [6.07, 6.45) is 3.52. The molecular weight excluding hydrogens is 460 g/mol. The van der Waals surface area contributed by atoms with Crippen molar-refractivity contribution >= 4 is 17.6 Å². The van der Waals surface area contributed by atoms with Crippen LogP contribution < -0.4 is 4.74 Å². The van der Waals surface area contributed by atoms with Crippen LogP contribution in [0, 0.1) is 18.0 Å². The minimum absolute atomic E-state index is 0.283. The van der Waals surface area contributed by atoms with Crippen LogP contribution in [0.1, 0.15) is 61.6 Å². The zero-order valence-electron chi connectivity index (χ0n) is 19.6. The van der Waals surface area contributed by atoms with Crippen molar-refractivity contribution in [2.24, 2.45) is 11.2 Å². The largest absolute Gasteiger partial charge is 0.569 e. The van der Waals surface area contributed by atoms with E-state index < -0.39 is 12.0 Å². The van der Waals surface area contributed by atoms with E-state index in [9.17, 15) is 10.0 Å². The van der Waals surface area contributed by atoms with Gasteiger partial charge in [-0.05, 0) is 43.4 Å². The molecule has 1 aromatic heterocycles. The van der Waals surface area contributed by atoms with Crippen LogP contribution in [0.25, 0.3) is 0 Å². The van der Waals surface area contributed by atoms with Crippen molar-refractivity contribution in [1.82, 2.24) is 9.99 Å². The van der Waals surface area contributed by atoms with E-state index in [1.165, 1.54) is 5.01 Å². The van der Waals surface area contributed by atoms with E-state index >= 15 is 0 Å². The number of pyridine rings is 1. The van der Waals surface area contributed by atoms with Gasteiger partial charge >= 0.3 is 5.97 Å². The lowest BCUT2D eigenvalue weighted by atomic mass is 10.0. The van der Waals surface area contributed by atoms with Gasteiger partial charge in [0.05, 0.1) is 23.8 Å². The number of hydrogen-bond donors (Lipinski definition) is 0. The first-order valence-corrected chi connectivity index (χ1v) is 11.9. The smallest absolute Gasteiger partial charge is 0.340 e. The highest BCUT2D eigenvalue weighted by atomic mass is 35.5. The minimum atomic E-state index is -0.752. The van der Waals surface area contributed by atoms with Gasteiger partial charge in [0.1, 0.15) is 12.7 Å². The Morgan fingerprint density at radius 2 is 2.18 bits per heavy atom. The fourth-order valence-corrected chi connectivity index (χ4v) is 4.20. The predicted octanol–water partition coefficient (Wildman–Crippen LogP) is 4.89. The van der Waals surface area contributed by atoms with Crippen LogP contribution in [0.4, 0.5) is 0 Å². The van der Waals surface area contributed by atoms with Gasteiger partial charge in [0.15, 0.2) is 11.8 Å². The van der Waals surface area contributed by atoms with Crippen molar-refractivity contribution in [3.8, 4) is 5.75 Å². The number of hydrazine groups is 1. The highest BCUT2D eigenvalue weighted by molar-refractivity contribution is 6.30. The van der Waals surface area contributed by atoms with Gasteiger partial charge in [-0.25, -0.2) is 4.79 Å². The molecule has 2 aliphatic heterocycles. The van der Waals surface area contributed by atoms with E-state index in [-0.39, 0.29) is 18.6 Å². The maximum absolute atomic E-state index is 13.1. The zero-order chi connectivity index (χ0) is 24.2. The molecule has 1 saturated heterocycles. The second-order valence-corrected chi connectivity index (χ2v) is 9.17. The molecule has 182 valence electrons. The number of ether oxygens (including phenoxy) is 2. The summed E-state index contributed by atoms with van der Waals surface area (Å²) in [5.41, 5.74) is 3.15. The lowest BCUT2D eigenvalue weighted by Crippen LogP contribution is -2.42. The second-order valence-electron chi connectivity index (χ2n) is 8.73. The first-order valence-electron chi connectivity index (χ1n) is 11.5. The molecule has 3 atom stereocenters. The Labute approximate surface area is 203 Å². The topological polar surface area (TPSA) is 99.3 Å². The minimum Gasteiger partial charge on any atom is -0.569 e. The van der Waals surface area contributed by atoms with Gasteiger partial charge in [-0.15, -0.1) is 5.01 Å². The first kappa shape index (κ1) is 24.2. The van der Waals surface area contributed by atoms with Crippen LogP contribution in [0.5, 0.6) is 5.75 Å². The van der Waals surface area contributed by atoms with Crippen LogP contribution in [-0.4, -0.2) is 40.1 Å². The number of carbonyl (C=O) groups is 1. The number of nitrogens with zero attached hydrogens (tertiary/aromatic N) is 4. The van der Waals surface area contributed by atoms with E-state index in [1.54, 1.807) is 13.1 Å². The molecule has 2 aromatic rings. The number of benzene rings is 1. The summed E-state index contributed by atoms with van der Waals surface area (Å²) in [6.45, 7) is 6.85. The Morgan fingerprint density at radius 3 is 2.91 bits per heavy atom. The van der Waals surface area contributed by atoms with Gasteiger partial charge in [0.2, 0.25) is 5.28 Å². The third-order valence-electron chi connectivity index (χ3n) is 6.30. The van der Waals surface area contributed by atoms with E-state index in [0.29, 0.717) is 47.4 Å². The summed E-state index contributed by atoms with van der Waals surface area (Å²) < 4.78 is 11.8. The molecule has 4 rings (SSSR count). The summed E-state index contributed by atoms with van der Waals surface area (Å²) in [5, 5.41) is 18.0. The average Bonchev–Trinajstić information content (AvgIpc) is 3.49. The van der Waals surface area contributed by atoms with Crippen molar-refractivity contribution in [3.63, 3.8) is 0 Å². The number of esters is 1. The fourth-order valence-electron chi connectivity index (χ4n) is 4.07. The van der Waals surface area contributed by atoms with Crippen molar-refractivity contribution in [1.29, 1.82) is 0 Å². The number of aromatic nitrogens is 1. The summed E-state index contributed by atoms with van der Waals surface area (Å²) in [5.74, 6) is 0.142. The highest BCUT2D eigenvalue weighted by Crippen LogP contribution is 2.41. The van der Waals surface area contributed by atoms with Crippen LogP contribution >= 0.6 is 11.6 Å². The van der Waals surface area contributed by atoms with Gasteiger partial charge < -0.3 is 19.5 Å². The Bertz CT molecular complexity index is 1060. The summed E-state index contributed by atoms with van der Waals surface area (Å²) >= 11 is 6.01. The SMILES string of the molecule is CC[C@@H](C)CO/N=[N+](/[O-])N1CCC[C@H]1C(=O)Oc1c(C)ncc2c1CO[C@H]2c1ccc(Cl)cc1.